The van der Waals surface area contributed by atoms with Crippen LogP contribution in [0.25, 0.3) is 0 Å². The minimum atomic E-state index is -0.762. The summed E-state index contributed by atoms with van der Waals surface area (Å²) in [5.41, 5.74) is 0.0420. The van der Waals surface area contributed by atoms with Crippen molar-refractivity contribution in [3.63, 3.8) is 0 Å². The van der Waals surface area contributed by atoms with Gasteiger partial charge in [0.2, 0.25) is 0 Å². The maximum atomic E-state index is 13.8. The smallest absolute Gasteiger partial charge is 0.167 e. The maximum absolute atomic E-state index is 13.8. The van der Waals surface area contributed by atoms with Crippen LogP contribution >= 0.6 is 43.5 Å². The molecular formula is C14H7Br2ClF2O. The minimum absolute atomic E-state index is 0.121. The summed E-state index contributed by atoms with van der Waals surface area (Å²) in [6.07, 6.45) is -0.366. The first kappa shape index (κ1) is 15.6. The normalized spacial score (nSPS) is 10.7. The van der Waals surface area contributed by atoms with Crippen LogP contribution in [0, 0.1) is 11.6 Å². The van der Waals surface area contributed by atoms with Crippen molar-refractivity contribution >= 4 is 49.2 Å². The van der Waals surface area contributed by atoms with Crippen molar-refractivity contribution < 1.29 is 13.6 Å². The Labute approximate surface area is 136 Å². The SMILES string of the molecule is O=C(Cc1c(F)ccc(Br)c1F)c1ccc(Br)c(Cl)c1. The van der Waals surface area contributed by atoms with Gasteiger partial charge in [-0.3, -0.25) is 4.79 Å². The first-order chi connectivity index (χ1) is 9.40. The van der Waals surface area contributed by atoms with Crippen LogP contribution in [0.3, 0.4) is 0 Å². The molecule has 0 heterocycles. The lowest BCUT2D eigenvalue weighted by molar-refractivity contribution is 0.0990. The number of ketones is 1. The minimum Gasteiger partial charge on any atom is -0.294 e. The Morgan fingerprint density at radius 2 is 1.75 bits per heavy atom. The molecule has 0 saturated carbocycles. The average molecular weight is 424 g/mol. The number of halogens is 5. The van der Waals surface area contributed by atoms with E-state index in [0.29, 0.717) is 15.1 Å². The van der Waals surface area contributed by atoms with E-state index in [9.17, 15) is 13.6 Å². The van der Waals surface area contributed by atoms with Gasteiger partial charge in [0.1, 0.15) is 11.6 Å². The largest absolute Gasteiger partial charge is 0.294 e. The maximum Gasteiger partial charge on any atom is 0.167 e. The zero-order valence-electron chi connectivity index (χ0n) is 9.89. The number of hydrogen-bond donors (Lipinski definition) is 0. The molecule has 0 radical (unpaired) electrons. The van der Waals surface area contributed by atoms with Crippen molar-refractivity contribution in [2.45, 2.75) is 6.42 Å². The second-order valence-electron chi connectivity index (χ2n) is 4.05. The molecule has 0 aliphatic rings. The summed E-state index contributed by atoms with van der Waals surface area (Å²) in [7, 11) is 0. The molecule has 2 aromatic carbocycles. The number of benzene rings is 2. The first-order valence-corrected chi connectivity index (χ1v) is 7.47. The second kappa shape index (κ2) is 6.33. The van der Waals surface area contributed by atoms with Crippen molar-refractivity contribution in [2.24, 2.45) is 0 Å². The molecule has 2 rings (SSSR count). The van der Waals surface area contributed by atoms with E-state index in [-0.39, 0.29) is 16.5 Å². The molecule has 104 valence electrons. The third kappa shape index (κ3) is 3.27. The van der Waals surface area contributed by atoms with Crippen molar-refractivity contribution in [3.05, 3.63) is 67.1 Å². The summed E-state index contributed by atoms with van der Waals surface area (Å²) in [5, 5.41) is 0.367. The fraction of sp³-hybridized carbons (Fsp3) is 0.0714. The molecule has 0 amide bonds. The first-order valence-electron chi connectivity index (χ1n) is 5.50. The van der Waals surface area contributed by atoms with Crippen LogP contribution in [0.4, 0.5) is 8.78 Å². The van der Waals surface area contributed by atoms with E-state index in [1.165, 1.54) is 12.1 Å². The van der Waals surface area contributed by atoms with Gasteiger partial charge in [0.15, 0.2) is 5.78 Å². The monoisotopic (exact) mass is 422 g/mol. The predicted molar refractivity (Wildman–Crippen MR) is 81.2 cm³/mol. The molecule has 0 saturated heterocycles. The van der Waals surface area contributed by atoms with Gasteiger partial charge in [0, 0.05) is 22.0 Å². The Bertz CT molecular complexity index is 689. The molecule has 0 unspecified atom stereocenters. The Balaban J connectivity index is 2.32. The van der Waals surface area contributed by atoms with Gasteiger partial charge >= 0.3 is 0 Å². The van der Waals surface area contributed by atoms with Crippen LogP contribution in [0.2, 0.25) is 5.02 Å². The van der Waals surface area contributed by atoms with E-state index in [1.54, 1.807) is 12.1 Å². The molecule has 0 aromatic heterocycles. The molecule has 0 spiro atoms. The van der Waals surface area contributed by atoms with Gasteiger partial charge in [-0.05, 0) is 56.1 Å². The van der Waals surface area contributed by atoms with E-state index in [1.807, 2.05) is 0 Å². The molecule has 0 aliphatic heterocycles. The molecule has 2 aromatic rings. The van der Waals surface area contributed by atoms with E-state index >= 15 is 0 Å². The molecule has 0 fully saturated rings. The molecule has 0 aliphatic carbocycles. The van der Waals surface area contributed by atoms with Crippen molar-refractivity contribution in [2.75, 3.05) is 0 Å². The highest BCUT2D eigenvalue weighted by molar-refractivity contribution is 9.10. The zero-order valence-corrected chi connectivity index (χ0v) is 13.8. The van der Waals surface area contributed by atoms with Crippen LogP contribution in [-0.2, 0) is 6.42 Å². The van der Waals surface area contributed by atoms with Gasteiger partial charge in [-0.25, -0.2) is 8.78 Å². The summed E-state index contributed by atoms with van der Waals surface area (Å²) < 4.78 is 28.2. The molecule has 0 atom stereocenters. The van der Waals surface area contributed by atoms with Gasteiger partial charge < -0.3 is 0 Å². The highest BCUT2D eigenvalue weighted by atomic mass is 79.9. The van der Waals surface area contributed by atoms with Crippen LogP contribution < -0.4 is 0 Å². The molecule has 0 bridgehead atoms. The van der Waals surface area contributed by atoms with Gasteiger partial charge in [0.05, 0.1) is 9.50 Å². The van der Waals surface area contributed by atoms with Crippen LogP contribution in [0.5, 0.6) is 0 Å². The molecule has 6 heteroatoms. The summed E-state index contributed by atoms with van der Waals surface area (Å²) >= 11 is 12.1. The van der Waals surface area contributed by atoms with Crippen molar-refractivity contribution in [3.8, 4) is 0 Å². The number of hydrogen-bond acceptors (Lipinski definition) is 1. The molecular weight excluding hydrogens is 417 g/mol. The quantitative estimate of drug-likeness (QED) is 0.465. The molecule has 1 nitrogen and oxygen atoms in total. The van der Waals surface area contributed by atoms with Crippen LogP contribution in [-0.4, -0.2) is 5.78 Å². The number of Topliss-reactive ketones (excluding diaryl/α,β-unsaturated/α-hetero) is 1. The summed E-state index contributed by atoms with van der Waals surface area (Å²) in [5.74, 6) is -1.92. The number of rotatable bonds is 3. The van der Waals surface area contributed by atoms with E-state index in [0.717, 1.165) is 6.07 Å². The van der Waals surface area contributed by atoms with Gasteiger partial charge in [-0.2, -0.15) is 0 Å². The molecule has 20 heavy (non-hydrogen) atoms. The van der Waals surface area contributed by atoms with Crippen LogP contribution in [0.15, 0.2) is 39.3 Å². The van der Waals surface area contributed by atoms with E-state index in [4.69, 9.17) is 11.6 Å². The summed E-state index contributed by atoms with van der Waals surface area (Å²) in [4.78, 5) is 12.1. The topological polar surface area (TPSA) is 17.1 Å². The molecule has 0 N–H and O–H groups in total. The zero-order chi connectivity index (χ0) is 14.9. The highest BCUT2D eigenvalue weighted by Crippen LogP contribution is 2.26. The second-order valence-corrected chi connectivity index (χ2v) is 6.17. The fourth-order valence-electron chi connectivity index (χ4n) is 1.66. The standard InChI is InChI=1S/C14H7Br2ClF2O/c15-9-2-1-7(5-11(9)17)13(20)6-8-12(18)4-3-10(16)14(8)19/h1-5H,6H2. The lowest BCUT2D eigenvalue weighted by Gasteiger charge is -2.07. The highest BCUT2D eigenvalue weighted by Gasteiger charge is 2.17. The van der Waals surface area contributed by atoms with Gasteiger partial charge in [-0.15, -0.1) is 0 Å². The third-order valence-electron chi connectivity index (χ3n) is 2.72. The van der Waals surface area contributed by atoms with Gasteiger partial charge in [0.25, 0.3) is 0 Å². The van der Waals surface area contributed by atoms with Crippen molar-refractivity contribution in [1.29, 1.82) is 0 Å². The Morgan fingerprint density at radius 1 is 1.10 bits per heavy atom. The summed E-state index contributed by atoms with van der Waals surface area (Å²) in [6, 6.07) is 7.00. The number of carbonyl (C=O) groups excluding carboxylic acids is 1. The van der Waals surface area contributed by atoms with Gasteiger partial charge in [-0.1, -0.05) is 17.7 Å². The lowest BCUT2D eigenvalue weighted by atomic mass is 10.0. The Hall–Kier alpha value is -0.780. The van der Waals surface area contributed by atoms with E-state index in [2.05, 4.69) is 31.9 Å². The van der Waals surface area contributed by atoms with Crippen LogP contribution in [0.1, 0.15) is 15.9 Å². The number of carbonyl (C=O) groups is 1. The lowest BCUT2D eigenvalue weighted by Crippen LogP contribution is -2.08. The summed E-state index contributed by atoms with van der Waals surface area (Å²) in [6.45, 7) is 0. The average Bonchev–Trinajstić information content (AvgIpc) is 2.42. The fourth-order valence-corrected chi connectivity index (χ4v) is 2.46. The van der Waals surface area contributed by atoms with E-state index < -0.39 is 17.4 Å². The van der Waals surface area contributed by atoms with Crippen molar-refractivity contribution in [1.82, 2.24) is 0 Å². The third-order valence-corrected chi connectivity index (χ3v) is 4.56. The Morgan fingerprint density at radius 3 is 2.40 bits per heavy atom. The predicted octanol–water partition coefficient (Wildman–Crippen LogP) is 5.57. The Kier molecular flexibility index (Phi) is 4.94.